The molecule has 2 aromatic rings. The monoisotopic (exact) mass is 309 g/mol. The van der Waals surface area contributed by atoms with E-state index in [0.29, 0.717) is 11.8 Å². The van der Waals surface area contributed by atoms with Gasteiger partial charge in [0, 0.05) is 17.7 Å². The highest BCUT2D eigenvalue weighted by atomic mass is 35.5. The highest BCUT2D eigenvalue weighted by Gasteiger charge is 2.12. The van der Waals surface area contributed by atoms with Gasteiger partial charge in [-0.2, -0.15) is 0 Å². The Labute approximate surface area is 124 Å². The third-order valence-electron chi connectivity index (χ3n) is 2.75. The molecule has 21 heavy (non-hydrogen) atoms. The fraction of sp³-hybridized carbons (Fsp3) is 0.0714. The molecule has 2 rings (SSSR count). The zero-order valence-electron chi connectivity index (χ0n) is 10.6. The van der Waals surface area contributed by atoms with Crippen LogP contribution in [0.1, 0.15) is 15.9 Å². The van der Waals surface area contributed by atoms with Crippen LogP contribution in [0, 0.1) is 15.9 Å². The largest absolute Gasteiger partial charge is 0.488 e. The van der Waals surface area contributed by atoms with Crippen molar-refractivity contribution < 1.29 is 18.8 Å². The maximum atomic E-state index is 13.3. The molecule has 0 heterocycles. The van der Waals surface area contributed by atoms with Crippen LogP contribution in [-0.4, -0.2) is 11.2 Å². The van der Waals surface area contributed by atoms with Crippen LogP contribution in [-0.2, 0) is 6.61 Å². The van der Waals surface area contributed by atoms with E-state index in [1.807, 2.05) is 0 Å². The number of halogens is 2. The second kappa shape index (κ2) is 6.32. The predicted molar refractivity (Wildman–Crippen MR) is 74.2 cm³/mol. The summed E-state index contributed by atoms with van der Waals surface area (Å²) in [6, 6.07) is 7.92. The fourth-order valence-electron chi connectivity index (χ4n) is 1.69. The Kier molecular flexibility index (Phi) is 4.49. The van der Waals surface area contributed by atoms with Crippen molar-refractivity contribution in [3.05, 3.63) is 68.5 Å². The Morgan fingerprint density at radius 2 is 2.10 bits per heavy atom. The van der Waals surface area contributed by atoms with Gasteiger partial charge in [0.05, 0.1) is 15.5 Å². The van der Waals surface area contributed by atoms with Crippen LogP contribution < -0.4 is 4.74 Å². The number of nitro groups is 1. The second-order valence-electron chi connectivity index (χ2n) is 4.10. The summed E-state index contributed by atoms with van der Waals surface area (Å²) in [5.41, 5.74) is 0.233. The van der Waals surface area contributed by atoms with E-state index in [4.69, 9.17) is 16.3 Å². The number of hydrogen-bond donors (Lipinski definition) is 0. The van der Waals surface area contributed by atoms with Crippen LogP contribution in [0.4, 0.5) is 10.1 Å². The van der Waals surface area contributed by atoms with Crippen molar-refractivity contribution in [1.29, 1.82) is 0 Å². The van der Waals surface area contributed by atoms with Crippen LogP contribution in [0.2, 0.25) is 5.02 Å². The van der Waals surface area contributed by atoms with Crippen LogP contribution >= 0.6 is 11.6 Å². The van der Waals surface area contributed by atoms with Crippen molar-refractivity contribution >= 4 is 23.6 Å². The quantitative estimate of drug-likeness (QED) is 0.479. The molecule has 0 aliphatic rings. The lowest BCUT2D eigenvalue weighted by atomic mass is 10.2. The molecule has 0 N–H and O–H groups in total. The van der Waals surface area contributed by atoms with Crippen molar-refractivity contribution in [3.8, 4) is 5.75 Å². The molecule has 2 aromatic carbocycles. The minimum Gasteiger partial charge on any atom is -0.488 e. The van der Waals surface area contributed by atoms with Crippen molar-refractivity contribution in [2.45, 2.75) is 6.61 Å². The summed E-state index contributed by atoms with van der Waals surface area (Å²) in [6.45, 7) is -0.0603. The molecule has 0 aliphatic carbocycles. The SMILES string of the molecule is O=Cc1cc([N+](=O)[O-])ccc1OCc1cccc(F)c1Cl. The minimum atomic E-state index is -0.611. The number of rotatable bonds is 5. The van der Waals surface area contributed by atoms with E-state index in [1.165, 1.54) is 24.3 Å². The standard InChI is InChI=1S/C14H9ClFNO4/c15-14-9(2-1-3-12(14)16)8-21-13-5-4-11(17(19)20)6-10(13)7-18/h1-7H,8H2. The van der Waals surface area contributed by atoms with Crippen molar-refractivity contribution in [2.24, 2.45) is 0 Å². The second-order valence-corrected chi connectivity index (χ2v) is 4.48. The number of non-ortho nitro benzene ring substituents is 1. The van der Waals surface area contributed by atoms with Gasteiger partial charge in [0.25, 0.3) is 5.69 Å². The van der Waals surface area contributed by atoms with E-state index >= 15 is 0 Å². The average Bonchev–Trinajstić information content (AvgIpc) is 2.48. The first-order valence-electron chi connectivity index (χ1n) is 5.82. The highest BCUT2D eigenvalue weighted by Crippen LogP contribution is 2.25. The first-order valence-corrected chi connectivity index (χ1v) is 6.20. The summed E-state index contributed by atoms with van der Waals surface area (Å²) in [5, 5.41) is 10.6. The van der Waals surface area contributed by atoms with E-state index in [2.05, 4.69) is 0 Å². The maximum absolute atomic E-state index is 13.3. The molecule has 5 nitrogen and oxygen atoms in total. The van der Waals surface area contributed by atoms with Crippen molar-refractivity contribution in [3.63, 3.8) is 0 Å². The molecule has 0 unspecified atom stereocenters. The van der Waals surface area contributed by atoms with Gasteiger partial charge >= 0.3 is 0 Å². The van der Waals surface area contributed by atoms with Gasteiger partial charge in [-0.15, -0.1) is 0 Å². The van der Waals surface area contributed by atoms with Gasteiger partial charge < -0.3 is 4.74 Å². The first-order chi connectivity index (χ1) is 10.0. The molecule has 0 bridgehead atoms. The van der Waals surface area contributed by atoms with Crippen LogP contribution in [0.15, 0.2) is 36.4 Å². The van der Waals surface area contributed by atoms with Crippen LogP contribution in [0.5, 0.6) is 5.75 Å². The van der Waals surface area contributed by atoms with Gasteiger partial charge in [0.1, 0.15) is 18.2 Å². The summed E-state index contributed by atoms with van der Waals surface area (Å²) < 4.78 is 18.7. The van der Waals surface area contributed by atoms with E-state index in [0.717, 1.165) is 6.07 Å². The van der Waals surface area contributed by atoms with Gasteiger partial charge in [-0.1, -0.05) is 23.7 Å². The highest BCUT2D eigenvalue weighted by molar-refractivity contribution is 6.31. The van der Waals surface area contributed by atoms with E-state index in [-0.39, 0.29) is 28.6 Å². The van der Waals surface area contributed by atoms with E-state index in [9.17, 15) is 19.3 Å². The Balaban J connectivity index is 2.22. The van der Waals surface area contributed by atoms with Gasteiger partial charge in [0.2, 0.25) is 0 Å². The number of benzene rings is 2. The lowest BCUT2D eigenvalue weighted by Gasteiger charge is -2.09. The molecule has 0 radical (unpaired) electrons. The van der Waals surface area contributed by atoms with Crippen molar-refractivity contribution in [1.82, 2.24) is 0 Å². The fourth-order valence-corrected chi connectivity index (χ4v) is 1.87. The van der Waals surface area contributed by atoms with E-state index in [1.54, 1.807) is 6.07 Å². The zero-order valence-corrected chi connectivity index (χ0v) is 11.3. The van der Waals surface area contributed by atoms with Gasteiger partial charge in [0.15, 0.2) is 6.29 Å². The Morgan fingerprint density at radius 3 is 2.76 bits per heavy atom. The molecule has 0 atom stereocenters. The Hall–Kier alpha value is -2.47. The summed E-state index contributed by atoms with van der Waals surface area (Å²) >= 11 is 5.79. The molecule has 0 spiro atoms. The molecular weight excluding hydrogens is 301 g/mol. The molecule has 7 heteroatoms. The van der Waals surface area contributed by atoms with Gasteiger partial charge in [-0.3, -0.25) is 14.9 Å². The topological polar surface area (TPSA) is 69.4 Å². The number of carbonyl (C=O) groups is 1. The number of aldehydes is 1. The van der Waals surface area contributed by atoms with Crippen LogP contribution in [0.3, 0.4) is 0 Å². The number of nitro benzene ring substituents is 1. The summed E-state index contributed by atoms with van der Waals surface area (Å²) in [5.74, 6) is -0.409. The lowest BCUT2D eigenvalue weighted by molar-refractivity contribution is -0.384. The summed E-state index contributed by atoms with van der Waals surface area (Å²) in [4.78, 5) is 21.0. The average molecular weight is 310 g/mol. The number of hydrogen-bond acceptors (Lipinski definition) is 4. The van der Waals surface area contributed by atoms with Crippen molar-refractivity contribution in [2.75, 3.05) is 0 Å². The Morgan fingerprint density at radius 1 is 1.33 bits per heavy atom. The first kappa shape index (κ1) is 14.9. The normalized spacial score (nSPS) is 10.2. The predicted octanol–water partition coefficient (Wildman–Crippen LogP) is 3.78. The number of nitrogens with zero attached hydrogens (tertiary/aromatic N) is 1. The summed E-state index contributed by atoms with van der Waals surface area (Å²) in [6.07, 6.45) is 0.454. The molecule has 0 saturated heterocycles. The number of ether oxygens (including phenoxy) is 1. The molecule has 0 aromatic heterocycles. The van der Waals surface area contributed by atoms with Crippen LogP contribution in [0.25, 0.3) is 0 Å². The third-order valence-corrected chi connectivity index (χ3v) is 3.17. The minimum absolute atomic E-state index is 0.0386. The smallest absolute Gasteiger partial charge is 0.270 e. The maximum Gasteiger partial charge on any atom is 0.270 e. The molecule has 0 fully saturated rings. The molecule has 0 aliphatic heterocycles. The Bertz CT molecular complexity index is 705. The lowest BCUT2D eigenvalue weighted by Crippen LogP contribution is -2.00. The molecule has 0 amide bonds. The summed E-state index contributed by atoms with van der Waals surface area (Å²) in [7, 11) is 0. The number of carbonyl (C=O) groups excluding carboxylic acids is 1. The van der Waals surface area contributed by atoms with E-state index < -0.39 is 10.7 Å². The molecular formula is C14H9ClFNO4. The van der Waals surface area contributed by atoms with Gasteiger partial charge in [-0.25, -0.2) is 4.39 Å². The van der Waals surface area contributed by atoms with Gasteiger partial charge in [-0.05, 0) is 12.1 Å². The zero-order chi connectivity index (χ0) is 15.4. The third kappa shape index (κ3) is 3.35. The molecule has 0 saturated carbocycles. The molecule has 108 valence electrons.